The van der Waals surface area contributed by atoms with Crippen LogP contribution in [0.5, 0.6) is 0 Å². The largest absolute Gasteiger partial charge is 0.312 e. The van der Waals surface area contributed by atoms with Crippen molar-refractivity contribution in [2.45, 2.75) is 71.8 Å². The highest BCUT2D eigenvalue weighted by atomic mass is 14.9. The average molecular weight is 288 g/mol. The van der Waals surface area contributed by atoms with Gasteiger partial charge in [-0.15, -0.1) is 0 Å². The van der Waals surface area contributed by atoms with Crippen molar-refractivity contribution in [3.63, 3.8) is 0 Å². The Hall–Kier alpha value is -0.890. The molecule has 1 N–H and O–H groups in total. The summed E-state index contributed by atoms with van der Waals surface area (Å²) in [5.41, 5.74) is 2.84. The van der Waals surface area contributed by atoms with E-state index in [1.807, 2.05) is 0 Å². The van der Waals surface area contributed by atoms with E-state index in [0.717, 1.165) is 31.2 Å². The SMILES string of the molecule is CCc1ccc(CC2CCCCC2CNC(C)(C)C)nc1. The molecule has 1 fully saturated rings. The molecule has 2 heteroatoms. The number of aromatic nitrogens is 1. The van der Waals surface area contributed by atoms with Crippen molar-refractivity contribution in [1.82, 2.24) is 10.3 Å². The first-order valence-electron chi connectivity index (χ1n) is 8.67. The lowest BCUT2D eigenvalue weighted by Gasteiger charge is -2.34. The molecule has 2 unspecified atom stereocenters. The molecule has 0 radical (unpaired) electrons. The predicted octanol–water partition coefficient (Wildman–Crippen LogP) is 4.38. The van der Waals surface area contributed by atoms with Crippen molar-refractivity contribution in [2.75, 3.05) is 6.54 Å². The molecular weight excluding hydrogens is 256 g/mol. The highest BCUT2D eigenvalue weighted by molar-refractivity contribution is 5.14. The third kappa shape index (κ3) is 5.43. The molecule has 0 aromatic carbocycles. The summed E-state index contributed by atoms with van der Waals surface area (Å²) in [5.74, 6) is 1.61. The molecule has 1 aromatic heterocycles. The number of hydrogen-bond donors (Lipinski definition) is 1. The van der Waals surface area contributed by atoms with Crippen LogP contribution in [0, 0.1) is 11.8 Å². The molecule has 2 atom stereocenters. The molecule has 21 heavy (non-hydrogen) atoms. The van der Waals surface area contributed by atoms with Crippen molar-refractivity contribution in [3.8, 4) is 0 Å². The Morgan fingerprint density at radius 2 is 1.86 bits per heavy atom. The van der Waals surface area contributed by atoms with E-state index in [2.05, 4.69) is 56.3 Å². The van der Waals surface area contributed by atoms with E-state index in [1.54, 1.807) is 0 Å². The highest BCUT2D eigenvalue weighted by Crippen LogP contribution is 2.32. The summed E-state index contributed by atoms with van der Waals surface area (Å²) in [6.07, 6.45) is 9.82. The van der Waals surface area contributed by atoms with Crippen LogP contribution in [0.1, 0.15) is 64.6 Å². The third-order valence-corrected chi connectivity index (χ3v) is 4.73. The highest BCUT2D eigenvalue weighted by Gasteiger charge is 2.26. The van der Waals surface area contributed by atoms with Crippen LogP contribution in [0.25, 0.3) is 0 Å². The fourth-order valence-electron chi connectivity index (χ4n) is 3.31. The molecule has 0 saturated heterocycles. The first-order valence-corrected chi connectivity index (χ1v) is 8.67. The predicted molar refractivity (Wildman–Crippen MR) is 90.5 cm³/mol. The minimum Gasteiger partial charge on any atom is -0.312 e. The number of aryl methyl sites for hydroxylation is 1. The topological polar surface area (TPSA) is 24.9 Å². The summed E-state index contributed by atoms with van der Waals surface area (Å²) < 4.78 is 0. The second-order valence-corrected chi connectivity index (χ2v) is 7.65. The fourth-order valence-corrected chi connectivity index (χ4v) is 3.31. The van der Waals surface area contributed by atoms with E-state index < -0.39 is 0 Å². The first kappa shape index (κ1) is 16.5. The molecule has 1 aliphatic carbocycles. The van der Waals surface area contributed by atoms with Crippen molar-refractivity contribution in [3.05, 3.63) is 29.6 Å². The molecule has 0 aliphatic heterocycles. The Morgan fingerprint density at radius 3 is 2.43 bits per heavy atom. The van der Waals surface area contributed by atoms with E-state index in [0.29, 0.717) is 0 Å². The molecule has 0 bridgehead atoms. The van der Waals surface area contributed by atoms with Crippen LogP contribution in [0.2, 0.25) is 0 Å². The number of pyridine rings is 1. The number of hydrogen-bond acceptors (Lipinski definition) is 2. The molecule has 0 spiro atoms. The van der Waals surface area contributed by atoms with E-state index in [4.69, 9.17) is 0 Å². The van der Waals surface area contributed by atoms with Crippen molar-refractivity contribution >= 4 is 0 Å². The van der Waals surface area contributed by atoms with Gasteiger partial charge < -0.3 is 5.32 Å². The Labute approximate surface area is 130 Å². The normalized spacial score (nSPS) is 23.2. The molecule has 1 aliphatic rings. The Kier molecular flexibility index (Phi) is 5.80. The maximum atomic E-state index is 4.67. The Bertz CT molecular complexity index is 416. The zero-order chi connectivity index (χ0) is 15.3. The minimum absolute atomic E-state index is 0.225. The molecule has 1 heterocycles. The van der Waals surface area contributed by atoms with Crippen LogP contribution >= 0.6 is 0 Å². The monoisotopic (exact) mass is 288 g/mol. The van der Waals surface area contributed by atoms with Gasteiger partial charge in [-0.3, -0.25) is 4.98 Å². The lowest BCUT2D eigenvalue weighted by molar-refractivity contribution is 0.212. The second kappa shape index (κ2) is 7.40. The molecule has 1 aromatic rings. The third-order valence-electron chi connectivity index (χ3n) is 4.73. The molecule has 1 saturated carbocycles. The summed E-state index contributed by atoms with van der Waals surface area (Å²) in [6, 6.07) is 4.48. The quantitative estimate of drug-likeness (QED) is 0.869. The van der Waals surface area contributed by atoms with Gasteiger partial charge in [-0.05, 0) is 76.5 Å². The van der Waals surface area contributed by atoms with Gasteiger partial charge in [0.1, 0.15) is 0 Å². The van der Waals surface area contributed by atoms with E-state index in [-0.39, 0.29) is 5.54 Å². The van der Waals surface area contributed by atoms with Crippen LogP contribution in [0.15, 0.2) is 18.3 Å². The molecule has 118 valence electrons. The lowest BCUT2D eigenvalue weighted by atomic mass is 9.76. The average Bonchev–Trinajstić information content (AvgIpc) is 2.46. The van der Waals surface area contributed by atoms with Crippen molar-refractivity contribution in [2.24, 2.45) is 11.8 Å². The molecule has 0 amide bonds. The van der Waals surface area contributed by atoms with Gasteiger partial charge >= 0.3 is 0 Å². The van der Waals surface area contributed by atoms with Crippen LogP contribution in [0.3, 0.4) is 0 Å². The minimum atomic E-state index is 0.225. The maximum Gasteiger partial charge on any atom is 0.0406 e. The lowest BCUT2D eigenvalue weighted by Crippen LogP contribution is -2.41. The maximum absolute atomic E-state index is 4.67. The van der Waals surface area contributed by atoms with E-state index in [9.17, 15) is 0 Å². The summed E-state index contributed by atoms with van der Waals surface area (Å²) in [6.45, 7) is 10.1. The first-order chi connectivity index (χ1) is 9.98. The summed E-state index contributed by atoms with van der Waals surface area (Å²) in [7, 11) is 0. The van der Waals surface area contributed by atoms with Crippen LogP contribution in [-0.2, 0) is 12.8 Å². The fraction of sp³-hybridized carbons (Fsp3) is 0.737. The number of nitrogens with zero attached hydrogens (tertiary/aromatic N) is 1. The van der Waals surface area contributed by atoms with Crippen LogP contribution < -0.4 is 5.32 Å². The van der Waals surface area contributed by atoms with Crippen LogP contribution in [-0.4, -0.2) is 17.1 Å². The van der Waals surface area contributed by atoms with Gasteiger partial charge in [0.15, 0.2) is 0 Å². The summed E-state index contributed by atoms with van der Waals surface area (Å²) >= 11 is 0. The van der Waals surface area contributed by atoms with Gasteiger partial charge in [0.05, 0.1) is 0 Å². The summed E-state index contributed by atoms with van der Waals surface area (Å²) in [5, 5.41) is 3.71. The molecule has 2 rings (SSSR count). The smallest absolute Gasteiger partial charge is 0.0406 e. The van der Waals surface area contributed by atoms with E-state index >= 15 is 0 Å². The Morgan fingerprint density at radius 1 is 1.14 bits per heavy atom. The number of rotatable bonds is 5. The molecular formula is C19H32N2. The van der Waals surface area contributed by atoms with Crippen molar-refractivity contribution in [1.29, 1.82) is 0 Å². The zero-order valence-electron chi connectivity index (χ0n) is 14.3. The second-order valence-electron chi connectivity index (χ2n) is 7.65. The zero-order valence-corrected chi connectivity index (χ0v) is 14.3. The van der Waals surface area contributed by atoms with Gasteiger partial charge in [-0.25, -0.2) is 0 Å². The number of nitrogens with one attached hydrogen (secondary N) is 1. The van der Waals surface area contributed by atoms with Gasteiger partial charge in [0.25, 0.3) is 0 Å². The van der Waals surface area contributed by atoms with Gasteiger partial charge in [-0.1, -0.05) is 25.8 Å². The molecule has 2 nitrogen and oxygen atoms in total. The van der Waals surface area contributed by atoms with Gasteiger partial charge in [0, 0.05) is 17.4 Å². The van der Waals surface area contributed by atoms with Gasteiger partial charge in [-0.2, -0.15) is 0 Å². The van der Waals surface area contributed by atoms with Crippen LogP contribution in [0.4, 0.5) is 0 Å². The standard InChI is InChI=1S/C19H32N2/c1-5-15-10-11-18(20-13-15)12-16-8-6-7-9-17(16)14-21-19(2,3)4/h10-11,13,16-17,21H,5-9,12,14H2,1-4H3. The van der Waals surface area contributed by atoms with E-state index in [1.165, 1.54) is 36.9 Å². The summed E-state index contributed by atoms with van der Waals surface area (Å²) in [4.78, 5) is 4.67. The van der Waals surface area contributed by atoms with Gasteiger partial charge in [0.2, 0.25) is 0 Å². The Balaban J connectivity index is 1.94. The van der Waals surface area contributed by atoms with Crippen molar-refractivity contribution < 1.29 is 0 Å².